The zero-order valence-corrected chi connectivity index (χ0v) is 5.14. The van der Waals surface area contributed by atoms with E-state index in [9.17, 15) is 0 Å². The Bertz CT molecular complexity index is 52.8. The third-order valence-electron chi connectivity index (χ3n) is 1.82. The lowest BCUT2D eigenvalue weighted by atomic mass is 9.89. The highest BCUT2D eigenvalue weighted by atomic mass is 16.3. The molecule has 1 heteroatoms. The van der Waals surface area contributed by atoms with Gasteiger partial charge < -0.3 is 5.11 Å². The van der Waals surface area contributed by atoms with Crippen LogP contribution in [0.3, 0.4) is 0 Å². The van der Waals surface area contributed by atoms with Crippen LogP contribution in [-0.4, -0.2) is 11.2 Å². The molecule has 0 aromatic carbocycles. The van der Waals surface area contributed by atoms with Gasteiger partial charge in [0.05, 0.1) is 6.10 Å². The summed E-state index contributed by atoms with van der Waals surface area (Å²) in [5.74, 6) is 0.610. The van der Waals surface area contributed by atoms with E-state index in [1.807, 2.05) is 0 Å². The molecule has 0 spiro atoms. The largest absolute Gasteiger partial charge is 0.393 e. The fraction of sp³-hybridized carbons (Fsp3) is 0.857. The van der Waals surface area contributed by atoms with Crippen molar-refractivity contribution in [3.05, 3.63) is 6.92 Å². The fourth-order valence-corrected chi connectivity index (χ4v) is 1.14. The summed E-state index contributed by atoms with van der Waals surface area (Å²) in [5, 5.41) is 9.00. The summed E-state index contributed by atoms with van der Waals surface area (Å²) in [7, 11) is 0. The van der Waals surface area contributed by atoms with E-state index >= 15 is 0 Å². The molecule has 0 atom stereocenters. The van der Waals surface area contributed by atoms with Crippen molar-refractivity contribution in [2.45, 2.75) is 31.8 Å². The number of hydrogen-bond acceptors (Lipinski definition) is 1. The van der Waals surface area contributed by atoms with Crippen molar-refractivity contribution < 1.29 is 5.11 Å². The molecule has 0 heterocycles. The quantitative estimate of drug-likeness (QED) is 0.503. The van der Waals surface area contributed by atoms with Crippen molar-refractivity contribution in [3.8, 4) is 0 Å². The van der Waals surface area contributed by atoms with E-state index in [2.05, 4.69) is 6.92 Å². The predicted molar refractivity (Wildman–Crippen MR) is 33.3 cm³/mol. The highest BCUT2D eigenvalue weighted by Gasteiger charge is 2.14. The minimum absolute atomic E-state index is 0.0204. The Balaban J connectivity index is 2.19. The molecule has 0 aromatic rings. The van der Waals surface area contributed by atoms with Gasteiger partial charge in [-0.2, -0.15) is 0 Å². The maximum atomic E-state index is 9.00. The Morgan fingerprint density at radius 3 is 2.00 bits per heavy atom. The van der Waals surface area contributed by atoms with Crippen molar-refractivity contribution in [2.24, 2.45) is 5.92 Å². The molecule has 1 fully saturated rings. The van der Waals surface area contributed by atoms with E-state index < -0.39 is 0 Å². The first-order chi connectivity index (χ1) is 3.79. The lowest BCUT2D eigenvalue weighted by molar-refractivity contribution is 0.117. The summed E-state index contributed by atoms with van der Waals surface area (Å²) in [5.41, 5.74) is 0. The van der Waals surface area contributed by atoms with Gasteiger partial charge in [0.15, 0.2) is 0 Å². The van der Waals surface area contributed by atoms with Gasteiger partial charge in [-0.15, -0.1) is 0 Å². The van der Waals surface area contributed by atoms with E-state index in [0.29, 0.717) is 5.92 Å². The monoisotopic (exact) mass is 113 g/mol. The van der Waals surface area contributed by atoms with Crippen molar-refractivity contribution in [1.29, 1.82) is 0 Å². The first-order valence-electron chi connectivity index (χ1n) is 3.30. The highest BCUT2D eigenvalue weighted by molar-refractivity contribution is 4.72. The molecule has 1 radical (unpaired) electrons. The predicted octanol–water partition coefficient (Wildman–Crippen LogP) is 1.37. The topological polar surface area (TPSA) is 20.2 Å². The summed E-state index contributed by atoms with van der Waals surface area (Å²) in [6.07, 6.45) is 4.14. The normalized spacial score (nSPS) is 39.8. The molecule has 0 amide bonds. The van der Waals surface area contributed by atoms with Crippen LogP contribution in [0.5, 0.6) is 0 Å². The molecule has 0 aromatic heterocycles. The summed E-state index contributed by atoms with van der Waals surface area (Å²) in [4.78, 5) is 0. The first-order valence-corrected chi connectivity index (χ1v) is 3.30. The van der Waals surface area contributed by atoms with Crippen LogP contribution in [0.25, 0.3) is 0 Å². The van der Waals surface area contributed by atoms with Gasteiger partial charge in [-0.25, -0.2) is 0 Å². The third kappa shape index (κ3) is 1.48. The molecule has 0 aliphatic heterocycles. The molecule has 1 N–H and O–H groups in total. The molecule has 0 bridgehead atoms. The zero-order chi connectivity index (χ0) is 5.98. The van der Waals surface area contributed by atoms with Gasteiger partial charge in [0.2, 0.25) is 0 Å². The number of aliphatic hydroxyl groups excluding tert-OH is 1. The first kappa shape index (κ1) is 6.09. The Morgan fingerprint density at radius 2 is 1.62 bits per heavy atom. The van der Waals surface area contributed by atoms with E-state index in [4.69, 9.17) is 5.11 Å². The minimum Gasteiger partial charge on any atom is -0.393 e. The van der Waals surface area contributed by atoms with Crippen molar-refractivity contribution >= 4 is 0 Å². The van der Waals surface area contributed by atoms with Crippen LogP contribution < -0.4 is 0 Å². The second kappa shape index (κ2) is 2.49. The molecular formula is C7H13O. The molecule has 8 heavy (non-hydrogen) atoms. The van der Waals surface area contributed by atoms with Crippen LogP contribution in [0.1, 0.15) is 25.7 Å². The lowest BCUT2D eigenvalue weighted by Gasteiger charge is -2.21. The van der Waals surface area contributed by atoms with Crippen LogP contribution in [0.4, 0.5) is 0 Å². The smallest absolute Gasteiger partial charge is 0.0540 e. The molecular weight excluding hydrogens is 100 g/mol. The third-order valence-corrected chi connectivity index (χ3v) is 1.82. The van der Waals surface area contributed by atoms with E-state index in [1.54, 1.807) is 0 Å². The molecule has 1 aliphatic carbocycles. The summed E-state index contributed by atoms with van der Waals surface area (Å²) in [6.45, 7) is 3.92. The van der Waals surface area contributed by atoms with Crippen molar-refractivity contribution in [3.63, 3.8) is 0 Å². The van der Waals surface area contributed by atoms with Gasteiger partial charge in [0.25, 0.3) is 0 Å². The average Bonchev–Trinajstić information content (AvgIpc) is 1.77. The van der Waals surface area contributed by atoms with Crippen LogP contribution in [0.2, 0.25) is 0 Å². The van der Waals surface area contributed by atoms with Gasteiger partial charge in [0, 0.05) is 0 Å². The Labute approximate surface area is 50.7 Å². The van der Waals surface area contributed by atoms with E-state index in [-0.39, 0.29) is 6.10 Å². The zero-order valence-electron chi connectivity index (χ0n) is 5.14. The molecule has 1 saturated carbocycles. The summed E-state index contributed by atoms with van der Waals surface area (Å²) >= 11 is 0. The SMILES string of the molecule is [CH2][C@H]1CC[C@H](O)CC1. The van der Waals surface area contributed by atoms with Crippen LogP contribution in [-0.2, 0) is 0 Å². The average molecular weight is 113 g/mol. The molecule has 1 nitrogen and oxygen atoms in total. The maximum Gasteiger partial charge on any atom is 0.0540 e. The lowest BCUT2D eigenvalue weighted by Crippen LogP contribution is -2.15. The van der Waals surface area contributed by atoms with Crippen LogP contribution >= 0.6 is 0 Å². The van der Waals surface area contributed by atoms with Gasteiger partial charge in [-0.05, 0) is 31.6 Å². The Hall–Kier alpha value is -0.0400. The Kier molecular flexibility index (Phi) is 1.90. The van der Waals surface area contributed by atoms with Crippen LogP contribution in [0, 0.1) is 12.8 Å². The second-order valence-corrected chi connectivity index (χ2v) is 2.67. The van der Waals surface area contributed by atoms with Gasteiger partial charge in [-0.1, -0.05) is 6.92 Å². The molecule has 0 saturated heterocycles. The minimum atomic E-state index is -0.0204. The Morgan fingerprint density at radius 1 is 1.12 bits per heavy atom. The number of hydrogen-bond donors (Lipinski definition) is 1. The molecule has 47 valence electrons. The number of rotatable bonds is 0. The maximum absolute atomic E-state index is 9.00. The van der Waals surface area contributed by atoms with E-state index in [1.165, 1.54) is 0 Å². The van der Waals surface area contributed by atoms with E-state index in [0.717, 1.165) is 25.7 Å². The second-order valence-electron chi connectivity index (χ2n) is 2.67. The molecule has 0 unspecified atom stereocenters. The summed E-state index contributed by atoms with van der Waals surface area (Å²) in [6, 6.07) is 0. The number of aliphatic hydroxyl groups is 1. The van der Waals surface area contributed by atoms with Crippen molar-refractivity contribution in [2.75, 3.05) is 0 Å². The molecule has 1 rings (SSSR count). The van der Waals surface area contributed by atoms with Crippen LogP contribution in [0.15, 0.2) is 0 Å². The van der Waals surface area contributed by atoms with Gasteiger partial charge in [0.1, 0.15) is 0 Å². The fourth-order valence-electron chi connectivity index (χ4n) is 1.14. The summed E-state index contributed by atoms with van der Waals surface area (Å²) < 4.78 is 0. The highest BCUT2D eigenvalue weighted by Crippen LogP contribution is 2.22. The van der Waals surface area contributed by atoms with Crippen molar-refractivity contribution in [1.82, 2.24) is 0 Å². The van der Waals surface area contributed by atoms with Gasteiger partial charge >= 0.3 is 0 Å². The van der Waals surface area contributed by atoms with Gasteiger partial charge in [-0.3, -0.25) is 0 Å². The standard InChI is InChI=1S/C7H13O/c1-6-2-4-7(8)5-3-6/h6-8H,1-5H2/t6-,7-. The molecule has 1 aliphatic rings.